The van der Waals surface area contributed by atoms with Crippen molar-refractivity contribution in [3.63, 3.8) is 0 Å². The molecular formula is C6H7Sb. The van der Waals surface area contributed by atoms with E-state index >= 15 is 0 Å². The van der Waals surface area contributed by atoms with Crippen LogP contribution in [0.1, 0.15) is 6.92 Å². The Labute approximate surface area is 53.9 Å². The Bertz CT molecular complexity index is 140. The van der Waals surface area contributed by atoms with Gasteiger partial charge in [-0.2, -0.15) is 0 Å². The van der Waals surface area contributed by atoms with Crippen molar-refractivity contribution in [3.8, 4) is 0 Å². The van der Waals surface area contributed by atoms with Crippen LogP contribution < -0.4 is 0 Å². The number of rotatable bonds is 0. The third-order valence-corrected chi connectivity index (χ3v) is 3.32. The van der Waals surface area contributed by atoms with Crippen LogP contribution in [-0.2, 0) is 0 Å². The number of allylic oxidation sites excluding steroid dienone is 3. The van der Waals surface area contributed by atoms with Crippen LogP contribution in [0.15, 0.2) is 22.3 Å². The van der Waals surface area contributed by atoms with Gasteiger partial charge in [-0.05, 0) is 0 Å². The molecule has 0 radical (unpaired) electrons. The molecule has 1 aliphatic heterocycles. The fraction of sp³-hybridized carbons (Fsp3) is 0.167. The molecule has 1 rings (SSSR count). The van der Waals surface area contributed by atoms with Gasteiger partial charge in [-0.3, -0.25) is 0 Å². The number of hydrogen-bond donors (Lipinski definition) is 0. The van der Waals surface area contributed by atoms with Gasteiger partial charge in [0, 0.05) is 0 Å². The molecule has 0 saturated carbocycles. The summed E-state index contributed by atoms with van der Waals surface area (Å²) in [5.41, 5.74) is 0. The summed E-state index contributed by atoms with van der Waals surface area (Å²) < 4.78 is 3.91. The monoisotopic (exact) mass is 200 g/mol. The SMILES string of the molecule is C[C]1=[Sb][CH]=CC=C1. The summed E-state index contributed by atoms with van der Waals surface area (Å²) in [5, 5.41) is 0. The predicted molar refractivity (Wildman–Crippen MR) is 34.7 cm³/mol. The van der Waals surface area contributed by atoms with Crippen molar-refractivity contribution in [2.45, 2.75) is 6.92 Å². The minimum absolute atomic E-state index is 0.00208. The summed E-state index contributed by atoms with van der Waals surface area (Å²) in [5.74, 6) is 0. The molecule has 0 spiro atoms. The van der Waals surface area contributed by atoms with E-state index in [1.54, 1.807) is 3.45 Å². The zero-order valence-corrected chi connectivity index (χ0v) is 6.81. The van der Waals surface area contributed by atoms with Crippen LogP contribution in [0.25, 0.3) is 0 Å². The van der Waals surface area contributed by atoms with Gasteiger partial charge < -0.3 is 0 Å². The molecule has 0 fully saturated rings. The average Bonchev–Trinajstić information content (AvgIpc) is 1.69. The Balaban J connectivity index is 2.82. The van der Waals surface area contributed by atoms with Crippen molar-refractivity contribution >= 4 is 24.6 Å². The number of hydrogen-bond acceptors (Lipinski definition) is 0. The van der Waals surface area contributed by atoms with Gasteiger partial charge in [0.25, 0.3) is 0 Å². The quantitative estimate of drug-likeness (QED) is 0.512. The van der Waals surface area contributed by atoms with Crippen molar-refractivity contribution in [1.82, 2.24) is 0 Å². The fourth-order valence-electron chi connectivity index (χ4n) is 0.448. The molecule has 7 heavy (non-hydrogen) atoms. The van der Waals surface area contributed by atoms with E-state index < -0.39 is 0 Å². The molecule has 0 saturated heterocycles. The Morgan fingerprint density at radius 1 is 1.43 bits per heavy atom. The molecule has 0 bridgehead atoms. The summed E-state index contributed by atoms with van der Waals surface area (Å²) in [7, 11) is 0. The first-order chi connectivity index (χ1) is 3.39. The topological polar surface area (TPSA) is 0 Å². The van der Waals surface area contributed by atoms with E-state index in [1.165, 1.54) is 0 Å². The van der Waals surface area contributed by atoms with E-state index in [0.717, 1.165) is 0 Å². The van der Waals surface area contributed by atoms with Gasteiger partial charge in [-0.1, -0.05) is 0 Å². The molecule has 0 aromatic heterocycles. The van der Waals surface area contributed by atoms with Crippen molar-refractivity contribution in [2.24, 2.45) is 0 Å². The standard InChI is InChI=1S/C6H7.Sb/c1-3-5-6-4-2;/h1,3,5-6H,2H3;. The van der Waals surface area contributed by atoms with E-state index in [0.29, 0.717) is 0 Å². The molecule has 0 aromatic rings. The third kappa shape index (κ3) is 1.61. The first-order valence-electron chi connectivity index (χ1n) is 2.27. The van der Waals surface area contributed by atoms with Gasteiger partial charge in [-0.25, -0.2) is 0 Å². The molecule has 1 aliphatic rings. The van der Waals surface area contributed by atoms with E-state index in [1.807, 2.05) is 0 Å². The zero-order valence-electron chi connectivity index (χ0n) is 4.26. The third-order valence-electron chi connectivity index (χ3n) is 0.813. The predicted octanol–water partition coefficient (Wildman–Crippen LogP) is 0.966. The van der Waals surface area contributed by atoms with Gasteiger partial charge in [0.15, 0.2) is 0 Å². The van der Waals surface area contributed by atoms with E-state index in [4.69, 9.17) is 0 Å². The summed E-state index contributed by atoms with van der Waals surface area (Å²) in [4.78, 5) is 0. The molecule has 1 heteroatoms. The van der Waals surface area contributed by atoms with Crippen molar-refractivity contribution in [1.29, 1.82) is 0 Å². The molecule has 0 unspecified atom stereocenters. The zero-order chi connectivity index (χ0) is 5.11. The maximum atomic E-state index is 2.31. The van der Waals surface area contributed by atoms with Gasteiger partial charge in [0.05, 0.1) is 0 Å². The van der Waals surface area contributed by atoms with Crippen LogP contribution in [0.2, 0.25) is 0 Å². The van der Waals surface area contributed by atoms with Crippen LogP contribution in [0.4, 0.5) is 0 Å². The van der Waals surface area contributed by atoms with Gasteiger partial charge in [0.1, 0.15) is 0 Å². The van der Waals surface area contributed by atoms with Gasteiger partial charge in [0.2, 0.25) is 0 Å². The van der Waals surface area contributed by atoms with Crippen LogP contribution in [0.3, 0.4) is 0 Å². The van der Waals surface area contributed by atoms with Gasteiger partial charge >= 0.3 is 53.8 Å². The molecule has 1 heterocycles. The second kappa shape index (κ2) is 2.47. The Hall–Kier alpha value is 0.168. The molecule has 0 N–H and O–H groups in total. The second-order valence-electron chi connectivity index (χ2n) is 1.47. The van der Waals surface area contributed by atoms with Crippen LogP contribution in [0.5, 0.6) is 0 Å². The molecule has 0 amide bonds. The van der Waals surface area contributed by atoms with E-state index in [2.05, 4.69) is 29.2 Å². The van der Waals surface area contributed by atoms with Crippen LogP contribution >= 0.6 is 0 Å². The summed E-state index contributed by atoms with van der Waals surface area (Å²) >= 11 is -0.00208. The van der Waals surface area contributed by atoms with E-state index in [-0.39, 0.29) is 21.1 Å². The van der Waals surface area contributed by atoms with Crippen molar-refractivity contribution < 1.29 is 0 Å². The summed E-state index contributed by atoms with van der Waals surface area (Å²) in [6.07, 6.45) is 6.45. The summed E-state index contributed by atoms with van der Waals surface area (Å²) in [6, 6.07) is 0. The fourth-order valence-corrected chi connectivity index (χ4v) is 2.14. The molecule has 0 aromatic carbocycles. The van der Waals surface area contributed by atoms with Crippen LogP contribution in [0, 0.1) is 0 Å². The van der Waals surface area contributed by atoms with Gasteiger partial charge in [-0.15, -0.1) is 0 Å². The Kier molecular flexibility index (Phi) is 1.87. The normalized spacial score (nSPS) is 17.0. The minimum atomic E-state index is -0.00208. The molecule has 0 atom stereocenters. The van der Waals surface area contributed by atoms with Crippen molar-refractivity contribution in [3.05, 3.63) is 22.3 Å². The second-order valence-corrected chi connectivity index (χ2v) is 5.07. The first-order valence-corrected chi connectivity index (χ1v) is 5.02. The average molecular weight is 201 g/mol. The Morgan fingerprint density at radius 2 is 2.29 bits per heavy atom. The molecular weight excluding hydrogens is 194 g/mol. The maximum absolute atomic E-state index is 2.31. The van der Waals surface area contributed by atoms with Crippen LogP contribution in [-0.4, -0.2) is 24.6 Å². The van der Waals surface area contributed by atoms with Crippen molar-refractivity contribution in [2.75, 3.05) is 0 Å². The molecule has 36 valence electrons. The molecule has 0 nitrogen and oxygen atoms in total. The Morgan fingerprint density at radius 3 is 2.57 bits per heavy atom. The van der Waals surface area contributed by atoms with E-state index in [9.17, 15) is 0 Å². The molecule has 0 aliphatic carbocycles. The summed E-state index contributed by atoms with van der Waals surface area (Å²) in [6.45, 7) is 2.21. The first kappa shape index (κ1) is 5.31.